The molecule has 1 saturated heterocycles. The largest absolute Gasteiger partial charge is 0.335 e. The van der Waals surface area contributed by atoms with Crippen LogP contribution in [0.5, 0.6) is 0 Å². The van der Waals surface area contributed by atoms with Crippen molar-refractivity contribution in [2.75, 3.05) is 32.7 Å². The van der Waals surface area contributed by atoms with E-state index in [4.69, 9.17) is 0 Å². The summed E-state index contributed by atoms with van der Waals surface area (Å²) in [6.07, 6.45) is 1.86. The number of carbonyl (C=O) groups is 1. The van der Waals surface area contributed by atoms with Crippen molar-refractivity contribution in [3.05, 3.63) is 84.3 Å². The lowest BCUT2D eigenvalue weighted by Crippen LogP contribution is -2.49. The van der Waals surface area contributed by atoms with E-state index in [0.717, 1.165) is 41.9 Å². The van der Waals surface area contributed by atoms with Gasteiger partial charge in [0, 0.05) is 26.2 Å². The SMILES string of the molecule is CCN1CCN(C(=O)C(C#N)=c2sc(=Cc3ccc(C)cc3C)c(=O)n2-c2ccccc2C)CC1. The quantitative estimate of drug-likeness (QED) is 0.568. The van der Waals surface area contributed by atoms with E-state index in [1.807, 2.05) is 63.2 Å². The molecule has 6 nitrogen and oxygen atoms in total. The van der Waals surface area contributed by atoms with Gasteiger partial charge in [0.05, 0.1) is 10.2 Å². The van der Waals surface area contributed by atoms with Crippen LogP contribution in [0.15, 0.2) is 47.3 Å². The van der Waals surface area contributed by atoms with Crippen LogP contribution >= 0.6 is 11.3 Å². The van der Waals surface area contributed by atoms with Gasteiger partial charge >= 0.3 is 0 Å². The van der Waals surface area contributed by atoms with Crippen molar-refractivity contribution >= 4 is 28.9 Å². The first-order valence-corrected chi connectivity index (χ1v) is 12.7. The second-order valence-electron chi connectivity index (χ2n) is 8.92. The van der Waals surface area contributed by atoms with Gasteiger partial charge in [0.2, 0.25) is 0 Å². The number of amides is 1. The fourth-order valence-electron chi connectivity index (χ4n) is 4.42. The molecule has 1 aliphatic rings. The molecule has 2 aromatic carbocycles. The standard InChI is InChI=1S/C28H30N4O2S/c1-5-30-12-14-31(15-13-30)26(33)23(18-29)28-32(24-9-7-6-8-20(24)3)27(34)25(35-28)17-22-11-10-19(2)16-21(22)4/h6-11,16-17H,5,12-15H2,1-4H3. The number of nitriles is 1. The van der Waals surface area contributed by atoms with Crippen LogP contribution in [0.3, 0.4) is 0 Å². The van der Waals surface area contributed by atoms with Crippen molar-refractivity contribution in [2.45, 2.75) is 27.7 Å². The molecule has 0 N–H and O–H groups in total. The second-order valence-corrected chi connectivity index (χ2v) is 9.95. The van der Waals surface area contributed by atoms with Gasteiger partial charge in [-0.25, -0.2) is 0 Å². The van der Waals surface area contributed by atoms with Gasteiger partial charge in [-0.1, -0.05) is 48.9 Å². The number of piperazine rings is 1. The molecule has 180 valence electrons. The summed E-state index contributed by atoms with van der Waals surface area (Å²) >= 11 is 1.20. The molecule has 35 heavy (non-hydrogen) atoms. The molecule has 3 aromatic rings. The van der Waals surface area contributed by atoms with Gasteiger partial charge in [-0.2, -0.15) is 5.26 Å². The zero-order chi connectivity index (χ0) is 25.1. The Labute approximate surface area is 209 Å². The fourth-order valence-corrected chi connectivity index (χ4v) is 5.50. The lowest BCUT2D eigenvalue weighted by atomic mass is 10.1. The minimum atomic E-state index is -0.315. The molecule has 0 bridgehead atoms. The topological polar surface area (TPSA) is 69.3 Å². The Kier molecular flexibility index (Phi) is 7.34. The third-order valence-electron chi connectivity index (χ3n) is 6.54. The summed E-state index contributed by atoms with van der Waals surface area (Å²) in [6.45, 7) is 11.7. The molecule has 1 amide bonds. The molecule has 0 spiro atoms. The first-order valence-electron chi connectivity index (χ1n) is 11.9. The molecular weight excluding hydrogens is 456 g/mol. The Balaban J connectivity index is 1.95. The summed E-state index contributed by atoms with van der Waals surface area (Å²) in [4.78, 5) is 31.2. The molecule has 1 aromatic heterocycles. The molecule has 7 heteroatoms. The molecule has 4 rings (SSSR count). The molecule has 1 fully saturated rings. The number of para-hydroxylation sites is 1. The Morgan fingerprint density at radius 1 is 1.06 bits per heavy atom. The Morgan fingerprint density at radius 2 is 1.77 bits per heavy atom. The normalized spacial score (nSPS) is 15.7. The second kappa shape index (κ2) is 10.4. The van der Waals surface area contributed by atoms with E-state index in [1.54, 1.807) is 4.90 Å². The maximum Gasteiger partial charge on any atom is 0.273 e. The van der Waals surface area contributed by atoms with Crippen LogP contribution in [-0.2, 0) is 4.79 Å². The third-order valence-corrected chi connectivity index (χ3v) is 7.63. The van der Waals surface area contributed by atoms with Crippen molar-refractivity contribution in [3.63, 3.8) is 0 Å². The van der Waals surface area contributed by atoms with Gasteiger partial charge in [-0.05, 0) is 56.1 Å². The zero-order valence-electron chi connectivity index (χ0n) is 20.7. The first-order chi connectivity index (χ1) is 16.8. The van der Waals surface area contributed by atoms with Gasteiger partial charge in [-0.15, -0.1) is 11.3 Å². The molecule has 0 saturated carbocycles. The highest BCUT2D eigenvalue weighted by molar-refractivity contribution is 7.07. The highest BCUT2D eigenvalue weighted by atomic mass is 32.1. The average Bonchev–Trinajstić information content (AvgIpc) is 3.17. The number of rotatable bonds is 4. The maximum atomic E-state index is 13.7. The predicted molar refractivity (Wildman–Crippen MR) is 141 cm³/mol. The first kappa shape index (κ1) is 24.6. The van der Waals surface area contributed by atoms with Crippen LogP contribution in [0.1, 0.15) is 29.2 Å². The van der Waals surface area contributed by atoms with E-state index in [2.05, 4.69) is 24.0 Å². The minimum Gasteiger partial charge on any atom is -0.335 e. The van der Waals surface area contributed by atoms with Crippen molar-refractivity contribution in [1.82, 2.24) is 14.4 Å². The number of likely N-dealkylation sites (N-methyl/N-ethyl adjacent to an activating group) is 1. The van der Waals surface area contributed by atoms with Crippen LogP contribution in [0.4, 0.5) is 0 Å². The summed E-state index contributed by atoms with van der Waals surface area (Å²) in [5.74, 6) is -0.315. The number of nitrogens with zero attached hydrogens (tertiary/aromatic N) is 4. The van der Waals surface area contributed by atoms with Crippen molar-refractivity contribution in [2.24, 2.45) is 0 Å². The summed E-state index contributed by atoms with van der Waals surface area (Å²) in [7, 11) is 0. The Bertz CT molecular complexity index is 1480. The predicted octanol–water partition coefficient (Wildman–Crippen LogP) is 2.49. The van der Waals surface area contributed by atoms with Gasteiger partial charge in [0.25, 0.3) is 11.5 Å². The van der Waals surface area contributed by atoms with E-state index in [0.29, 0.717) is 28.0 Å². The summed E-state index contributed by atoms with van der Waals surface area (Å²) < 4.78 is 2.41. The lowest BCUT2D eigenvalue weighted by molar-refractivity contribution is -0.126. The van der Waals surface area contributed by atoms with E-state index in [1.165, 1.54) is 15.9 Å². The molecule has 0 unspecified atom stereocenters. The summed E-state index contributed by atoms with van der Waals surface area (Å²) in [5, 5.41) is 10.1. The summed E-state index contributed by atoms with van der Waals surface area (Å²) in [5.41, 5.74) is 4.52. The molecule has 2 heterocycles. The highest BCUT2D eigenvalue weighted by Gasteiger charge is 2.25. The Hall–Kier alpha value is -3.47. The van der Waals surface area contributed by atoms with Gasteiger partial charge < -0.3 is 9.80 Å². The zero-order valence-corrected chi connectivity index (χ0v) is 21.5. The van der Waals surface area contributed by atoms with Gasteiger partial charge in [-0.3, -0.25) is 14.2 Å². The van der Waals surface area contributed by atoms with E-state index >= 15 is 0 Å². The van der Waals surface area contributed by atoms with Crippen LogP contribution < -0.4 is 14.8 Å². The van der Waals surface area contributed by atoms with Crippen molar-refractivity contribution in [3.8, 4) is 11.8 Å². The summed E-state index contributed by atoms with van der Waals surface area (Å²) in [6, 6.07) is 15.8. The van der Waals surface area contributed by atoms with E-state index in [9.17, 15) is 14.9 Å². The van der Waals surface area contributed by atoms with Crippen LogP contribution in [0.25, 0.3) is 17.3 Å². The minimum absolute atomic E-state index is 0.0144. The fraction of sp³-hybridized carbons (Fsp3) is 0.321. The van der Waals surface area contributed by atoms with Crippen molar-refractivity contribution in [1.29, 1.82) is 5.26 Å². The number of aryl methyl sites for hydroxylation is 3. The Morgan fingerprint density at radius 3 is 2.40 bits per heavy atom. The van der Waals surface area contributed by atoms with Gasteiger partial charge in [0.15, 0.2) is 5.57 Å². The number of benzene rings is 2. The molecule has 0 atom stereocenters. The molecule has 0 aliphatic carbocycles. The third kappa shape index (κ3) is 5.00. The van der Waals surface area contributed by atoms with Crippen LogP contribution in [0.2, 0.25) is 0 Å². The van der Waals surface area contributed by atoms with E-state index in [-0.39, 0.29) is 17.0 Å². The highest BCUT2D eigenvalue weighted by Crippen LogP contribution is 2.13. The van der Waals surface area contributed by atoms with Crippen LogP contribution in [0, 0.1) is 32.1 Å². The number of hydrogen-bond acceptors (Lipinski definition) is 5. The van der Waals surface area contributed by atoms with Crippen LogP contribution in [-0.4, -0.2) is 53.0 Å². The van der Waals surface area contributed by atoms with Crippen molar-refractivity contribution < 1.29 is 4.79 Å². The number of aromatic nitrogens is 1. The van der Waals surface area contributed by atoms with Gasteiger partial charge in [0.1, 0.15) is 10.7 Å². The lowest BCUT2D eigenvalue weighted by Gasteiger charge is -2.33. The van der Waals surface area contributed by atoms with E-state index < -0.39 is 0 Å². The monoisotopic (exact) mass is 486 g/mol. The maximum absolute atomic E-state index is 13.7. The number of hydrogen-bond donors (Lipinski definition) is 0. The number of carbonyl (C=O) groups excluding carboxylic acids is 1. The average molecular weight is 487 g/mol. The smallest absolute Gasteiger partial charge is 0.273 e. The number of thiazole rings is 1. The molecular formula is C28H30N4O2S. The molecule has 0 radical (unpaired) electrons. The molecule has 1 aliphatic heterocycles.